The number of halogens is 2. The fraction of sp³-hybridized carbons (Fsp3) is 0.278. The number of hydrogen-bond acceptors (Lipinski definition) is 5. The van der Waals surface area contributed by atoms with Gasteiger partial charge in [0.25, 0.3) is 11.8 Å². The SMILES string of the molecule is CCOC(=O)N1CCc2c(sc(NC(=O)c3ccc(F)cc3Cl)c2C(N)=O)C1. The molecule has 3 N–H and O–H groups in total. The molecule has 0 aliphatic carbocycles. The second-order valence-corrected chi connectivity index (χ2v) is 7.53. The van der Waals surface area contributed by atoms with E-state index in [-0.39, 0.29) is 34.3 Å². The maximum absolute atomic E-state index is 13.2. The van der Waals surface area contributed by atoms with Crippen molar-refractivity contribution in [2.45, 2.75) is 19.9 Å². The van der Waals surface area contributed by atoms with E-state index in [0.717, 1.165) is 28.3 Å². The number of nitrogens with one attached hydrogen (secondary N) is 1. The van der Waals surface area contributed by atoms with Crippen LogP contribution in [0.1, 0.15) is 38.1 Å². The van der Waals surface area contributed by atoms with Crippen LogP contribution in [0.15, 0.2) is 18.2 Å². The predicted octanol–water partition coefficient (Wildman–Crippen LogP) is 3.41. The minimum absolute atomic E-state index is 0.0482. The second-order valence-electron chi connectivity index (χ2n) is 6.02. The first-order valence-corrected chi connectivity index (χ1v) is 9.63. The van der Waals surface area contributed by atoms with Crippen LogP contribution < -0.4 is 11.1 Å². The Morgan fingerprint density at radius 1 is 1.39 bits per heavy atom. The van der Waals surface area contributed by atoms with Crippen molar-refractivity contribution >= 4 is 45.8 Å². The molecule has 0 unspecified atom stereocenters. The summed E-state index contributed by atoms with van der Waals surface area (Å²) in [6, 6.07) is 3.40. The monoisotopic (exact) mass is 425 g/mol. The number of carbonyl (C=O) groups excluding carboxylic acids is 3. The minimum Gasteiger partial charge on any atom is -0.450 e. The van der Waals surface area contributed by atoms with Gasteiger partial charge in [-0.25, -0.2) is 9.18 Å². The van der Waals surface area contributed by atoms with Gasteiger partial charge in [-0.15, -0.1) is 11.3 Å². The molecule has 7 nitrogen and oxygen atoms in total. The van der Waals surface area contributed by atoms with Gasteiger partial charge in [-0.2, -0.15) is 0 Å². The molecule has 2 aromatic rings. The zero-order valence-corrected chi connectivity index (χ0v) is 16.5. The predicted molar refractivity (Wildman–Crippen MR) is 103 cm³/mol. The maximum Gasteiger partial charge on any atom is 0.410 e. The molecule has 0 fully saturated rings. The number of anilines is 1. The minimum atomic E-state index is -0.678. The fourth-order valence-corrected chi connectivity index (χ4v) is 4.48. The average Bonchev–Trinajstić information content (AvgIpc) is 2.98. The molecule has 0 atom stereocenters. The number of benzene rings is 1. The molecule has 1 aliphatic heterocycles. The Kier molecular flexibility index (Phi) is 5.85. The van der Waals surface area contributed by atoms with Gasteiger partial charge in [-0.1, -0.05) is 11.6 Å². The van der Waals surface area contributed by atoms with E-state index in [9.17, 15) is 18.8 Å². The van der Waals surface area contributed by atoms with E-state index < -0.39 is 23.7 Å². The molecule has 0 bridgehead atoms. The van der Waals surface area contributed by atoms with E-state index in [1.54, 1.807) is 6.92 Å². The molecule has 0 saturated carbocycles. The summed E-state index contributed by atoms with van der Waals surface area (Å²) in [6.45, 7) is 2.61. The van der Waals surface area contributed by atoms with Crippen molar-refractivity contribution in [3.8, 4) is 0 Å². The van der Waals surface area contributed by atoms with E-state index in [1.807, 2.05) is 0 Å². The Balaban J connectivity index is 1.89. The van der Waals surface area contributed by atoms with Gasteiger partial charge >= 0.3 is 6.09 Å². The molecule has 1 aliphatic rings. The van der Waals surface area contributed by atoms with Crippen molar-refractivity contribution < 1.29 is 23.5 Å². The third-order valence-corrected chi connectivity index (χ3v) is 5.68. The quantitative estimate of drug-likeness (QED) is 0.783. The van der Waals surface area contributed by atoms with Crippen LogP contribution in [0.4, 0.5) is 14.2 Å². The molecule has 148 valence electrons. The van der Waals surface area contributed by atoms with Crippen molar-refractivity contribution in [1.29, 1.82) is 0 Å². The summed E-state index contributed by atoms with van der Waals surface area (Å²) in [7, 11) is 0. The van der Waals surface area contributed by atoms with E-state index in [0.29, 0.717) is 18.5 Å². The maximum atomic E-state index is 13.2. The number of thiophene rings is 1. The first-order chi connectivity index (χ1) is 13.3. The van der Waals surface area contributed by atoms with Crippen molar-refractivity contribution in [1.82, 2.24) is 4.90 Å². The smallest absolute Gasteiger partial charge is 0.410 e. The lowest BCUT2D eigenvalue weighted by Gasteiger charge is -2.26. The van der Waals surface area contributed by atoms with Crippen molar-refractivity contribution in [2.75, 3.05) is 18.5 Å². The van der Waals surface area contributed by atoms with Gasteiger partial charge in [0.05, 0.1) is 29.3 Å². The molecule has 28 heavy (non-hydrogen) atoms. The summed E-state index contributed by atoms with van der Waals surface area (Å²) in [5.41, 5.74) is 6.52. The number of primary amides is 1. The van der Waals surface area contributed by atoms with Crippen LogP contribution in [-0.2, 0) is 17.7 Å². The summed E-state index contributed by atoms with van der Waals surface area (Å²) >= 11 is 7.09. The van der Waals surface area contributed by atoms with Crippen LogP contribution in [-0.4, -0.2) is 36.0 Å². The van der Waals surface area contributed by atoms with Crippen LogP contribution in [0.25, 0.3) is 0 Å². The van der Waals surface area contributed by atoms with E-state index >= 15 is 0 Å². The molecule has 0 radical (unpaired) electrons. The van der Waals surface area contributed by atoms with Crippen LogP contribution in [0.5, 0.6) is 0 Å². The molecule has 1 aromatic carbocycles. The van der Waals surface area contributed by atoms with E-state index in [2.05, 4.69) is 5.32 Å². The topological polar surface area (TPSA) is 102 Å². The van der Waals surface area contributed by atoms with Gasteiger partial charge in [0, 0.05) is 11.4 Å². The molecule has 3 rings (SSSR count). The number of fused-ring (bicyclic) bond motifs is 1. The summed E-state index contributed by atoms with van der Waals surface area (Å²) < 4.78 is 18.2. The third-order valence-electron chi connectivity index (χ3n) is 4.23. The van der Waals surface area contributed by atoms with Gasteiger partial charge in [0.1, 0.15) is 10.8 Å². The molecule has 0 spiro atoms. The zero-order valence-electron chi connectivity index (χ0n) is 14.9. The van der Waals surface area contributed by atoms with Gasteiger partial charge < -0.3 is 20.7 Å². The highest BCUT2D eigenvalue weighted by atomic mass is 35.5. The average molecular weight is 426 g/mol. The van der Waals surface area contributed by atoms with Gasteiger partial charge in [-0.05, 0) is 37.1 Å². The highest BCUT2D eigenvalue weighted by Gasteiger charge is 2.30. The molecular weight excluding hydrogens is 409 g/mol. The molecular formula is C18H17ClFN3O4S. The third kappa shape index (κ3) is 3.95. The highest BCUT2D eigenvalue weighted by Crippen LogP contribution is 2.37. The Bertz CT molecular complexity index is 963. The molecule has 1 aromatic heterocycles. The molecule has 3 amide bonds. The number of nitrogens with zero attached hydrogens (tertiary/aromatic N) is 1. The lowest BCUT2D eigenvalue weighted by atomic mass is 10.0. The van der Waals surface area contributed by atoms with Crippen LogP contribution in [0, 0.1) is 5.82 Å². The number of hydrogen-bond donors (Lipinski definition) is 2. The molecule has 0 saturated heterocycles. The van der Waals surface area contributed by atoms with Gasteiger partial charge in [0.15, 0.2) is 0 Å². The zero-order chi connectivity index (χ0) is 20.4. The van der Waals surface area contributed by atoms with Crippen LogP contribution in [0.2, 0.25) is 5.02 Å². The standard InChI is InChI=1S/C18H17ClFN3O4S/c1-2-27-18(26)23-6-5-11-13(8-23)28-17(14(11)15(21)24)22-16(25)10-4-3-9(20)7-12(10)19/h3-4,7H,2,5-6,8H2,1H3,(H2,21,24)(H,22,25). The van der Waals surface area contributed by atoms with E-state index in [1.165, 1.54) is 11.0 Å². The first-order valence-electron chi connectivity index (χ1n) is 8.44. The summed E-state index contributed by atoms with van der Waals surface area (Å²) in [5, 5.41) is 2.86. The Labute approximate surface area is 169 Å². The van der Waals surface area contributed by atoms with Crippen molar-refractivity contribution in [3.05, 3.63) is 50.6 Å². The Morgan fingerprint density at radius 3 is 2.79 bits per heavy atom. The normalized spacial score (nSPS) is 13.0. The largest absolute Gasteiger partial charge is 0.450 e. The van der Waals surface area contributed by atoms with Crippen LogP contribution >= 0.6 is 22.9 Å². The lowest BCUT2D eigenvalue weighted by molar-refractivity contribution is 0.0997. The van der Waals surface area contributed by atoms with Gasteiger partial charge in [-0.3, -0.25) is 9.59 Å². The Morgan fingerprint density at radius 2 is 2.14 bits per heavy atom. The van der Waals surface area contributed by atoms with Crippen LogP contribution in [0.3, 0.4) is 0 Å². The van der Waals surface area contributed by atoms with Gasteiger partial charge in [0.2, 0.25) is 0 Å². The molecule has 10 heteroatoms. The lowest BCUT2D eigenvalue weighted by Crippen LogP contribution is -2.36. The second kappa shape index (κ2) is 8.15. The fourth-order valence-electron chi connectivity index (χ4n) is 2.97. The highest BCUT2D eigenvalue weighted by molar-refractivity contribution is 7.17. The number of carbonyl (C=O) groups is 3. The summed E-state index contributed by atoms with van der Waals surface area (Å²) in [5.74, 6) is -1.83. The summed E-state index contributed by atoms with van der Waals surface area (Å²) in [4.78, 5) is 38.8. The molecule has 2 heterocycles. The Hall–Kier alpha value is -2.65. The number of amides is 3. The summed E-state index contributed by atoms with van der Waals surface area (Å²) in [6.07, 6.45) is -0.0262. The number of nitrogens with two attached hydrogens (primary N) is 1. The van der Waals surface area contributed by atoms with Crippen molar-refractivity contribution in [3.63, 3.8) is 0 Å². The number of rotatable bonds is 4. The first kappa shape index (κ1) is 20.1. The van der Waals surface area contributed by atoms with E-state index in [4.69, 9.17) is 22.1 Å². The number of ether oxygens (including phenoxy) is 1. The van der Waals surface area contributed by atoms with Crippen molar-refractivity contribution in [2.24, 2.45) is 5.73 Å².